The quantitative estimate of drug-likeness (QED) is 0.846. The van der Waals surface area contributed by atoms with E-state index in [2.05, 4.69) is 10.3 Å². The fraction of sp³-hybridized carbons (Fsp3) is 0.471. The highest BCUT2D eigenvalue weighted by Gasteiger charge is 2.40. The molecule has 3 heterocycles. The highest BCUT2D eigenvalue weighted by atomic mass is 16.7. The van der Waals surface area contributed by atoms with E-state index in [1.54, 1.807) is 10.9 Å². The number of carbonyl (C=O) groups excluding carboxylic acids is 1. The van der Waals surface area contributed by atoms with Gasteiger partial charge in [-0.1, -0.05) is 23.4 Å². The van der Waals surface area contributed by atoms with Crippen molar-refractivity contribution in [2.45, 2.75) is 25.0 Å². The number of hydrogen-bond donors (Lipinski definition) is 0. The van der Waals surface area contributed by atoms with Crippen molar-refractivity contribution in [1.82, 2.24) is 19.9 Å². The lowest BCUT2D eigenvalue weighted by atomic mass is 10.0. The normalized spacial score (nSPS) is 19.8. The summed E-state index contributed by atoms with van der Waals surface area (Å²) in [7, 11) is 0. The Morgan fingerprint density at radius 3 is 2.54 bits per heavy atom. The maximum atomic E-state index is 12.6. The van der Waals surface area contributed by atoms with Gasteiger partial charge in [0.25, 0.3) is 0 Å². The standard InChI is InChI=1S/C17H20N4O3/c22-16(20-8-6-17(7-9-20)23-10-11-24-17)12-15-13-18-19-21(15)14-4-2-1-3-5-14/h1-5,13H,6-12H2. The highest BCUT2D eigenvalue weighted by molar-refractivity contribution is 5.78. The maximum Gasteiger partial charge on any atom is 0.228 e. The number of carbonyl (C=O) groups is 1. The molecule has 1 aromatic heterocycles. The van der Waals surface area contributed by atoms with E-state index in [0.29, 0.717) is 26.3 Å². The van der Waals surface area contributed by atoms with Crippen molar-refractivity contribution < 1.29 is 14.3 Å². The number of para-hydroxylation sites is 1. The molecule has 0 aliphatic carbocycles. The molecule has 0 unspecified atom stereocenters. The molecular weight excluding hydrogens is 308 g/mol. The molecule has 0 atom stereocenters. The summed E-state index contributed by atoms with van der Waals surface area (Å²) in [6.07, 6.45) is 3.40. The van der Waals surface area contributed by atoms with Crippen molar-refractivity contribution in [3.63, 3.8) is 0 Å². The van der Waals surface area contributed by atoms with Crippen molar-refractivity contribution in [2.75, 3.05) is 26.3 Å². The number of hydrogen-bond acceptors (Lipinski definition) is 5. The van der Waals surface area contributed by atoms with Gasteiger partial charge in [-0.3, -0.25) is 4.79 Å². The third-order valence-corrected chi connectivity index (χ3v) is 4.64. The SMILES string of the molecule is O=C(Cc1cnnn1-c1ccccc1)N1CCC2(CC1)OCCO2. The second-order valence-corrected chi connectivity index (χ2v) is 6.14. The third-order valence-electron chi connectivity index (χ3n) is 4.64. The largest absolute Gasteiger partial charge is 0.347 e. The molecule has 4 rings (SSSR count). The highest BCUT2D eigenvalue weighted by Crippen LogP contribution is 2.31. The van der Waals surface area contributed by atoms with Crippen LogP contribution in [0.15, 0.2) is 36.5 Å². The molecule has 1 amide bonds. The summed E-state index contributed by atoms with van der Waals surface area (Å²) in [6, 6.07) is 9.72. The van der Waals surface area contributed by atoms with Gasteiger partial charge in [-0.25, -0.2) is 4.68 Å². The molecule has 1 aromatic carbocycles. The zero-order valence-corrected chi connectivity index (χ0v) is 13.4. The molecule has 1 spiro atoms. The minimum absolute atomic E-state index is 0.0855. The molecule has 24 heavy (non-hydrogen) atoms. The molecule has 7 nitrogen and oxygen atoms in total. The molecule has 0 bridgehead atoms. The van der Waals surface area contributed by atoms with E-state index < -0.39 is 5.79 Å². The lowest BCUT2D eigenvalue weighted by Crippen LogP contribution is -2.47. The smallest absolute Gasteiger partial charge is 0.228 e. The van der Waals surface area contributed by atoms with Gasteiger partial charge in [-0.2, -0.15) is 0 Å². The fourth-order valence-corrected chi connectivity index (χ4v) is 3.31. The van der Waals surface area contributed by atoms with Gasteiger partial charge in [-0.15, -0.1) is 5.10 Å². The molecule has 0 N–H and O–H groups in total. The van der Waals surface area contributed by atoms with Crippen molar-refractivity contribution in [1.29, 1.82) is 0 Å². The van der Waals surface area contributed by atoms with E-state index in [0.717, 1.165) is 24.2 Å². The first-order chi connectivity index (χ1) is 11.8. The Morgan fingerprint density at radius 1 is 1.12 bits per heavy atom. The monoisotopic (exact) mass is 328 g/mol. The van der Waals surface area contributed by atoms with Crippen LogP contribution in [-0.2, 0) is 20.7 Å². The van der Waals surface area contributed by atoms with Gasteiger partial charge in [0.15, 0.2) is 5.79 Å². The Hall–Kier alpha value is -2.25. The average molecular weight is 328 g/mol. The zero-order chi connectivity index (χ0) is 16.4. The van der Waals surface area contributed by atoms with Gasteiger partial charge in [0.05, 0.1) is 37.2 Å². The van der Waals surface area contributed by atoms with Crippen molar-refractivity contribution in [3.8, 4) is 5.69 Å². The fourth-order valence-electron chi connectivity index (χ4n) is 3.31. The molecule has 126 valence electrons. The number of likely N-dealkylation sites (tertiary alicyclic amines) is 1. The number of ether oxygens (including phenoxy) is 2. The topological polar surface area (TPSA) is 69.5 Å². The predicted molar refractivity (Wildman–Crippen MR) is 85.5 cm³/mol. The van der Waals surface area contributed by atoms with Crippen LogP contribution in [0.2, 0.25) is 0 Å². The van der Waals surface area contributed by atoms with Crippen LogP contribution in [0.4, 0.5) is 0 Å². The summed E-state index contributed by atoms with van der Waals surface area (Å²) in [5.74, 6) is -0.369. The van der Waals surface area contributed by atoms with Gasteiger partial charge in [0.1, 0.15) is 0 Å². The Kier molecular flexibility index (Phi) is 4.03. The molecule has 2 aromatic rings. The van der Waals surface area contributed by atoms with Crippen LogP contribution in [0.1, 0.15) is 18.5 Å². The number of rotatable bonds is 3. The first-order valence-corrected chi connectivity index (χ1v) is 8.26. The summed E-state index contributed by atoms with van der Waals surface area (Å²) < 4.78 is 13.1. The van der Waals surface area contributed by atoms with Crippen LogP contribution in [0.3, 0.4) is 0 Å². The summed E-state index contributed by atoms with van der Waals surface area (Å²) in [5, 5.41) is 8.06. The zero-order valence-electron chi connectivity index (χ0n) is 13.4. The van der Waals surface area contributed by atoms with Crippen molar-refractivity contribution in [2.24, 2.45) is 0 Å². The van der Waals surface area contributed by atoms with Gasteiger partial charge < -0.3 is 14.4 Å². The number of aromatic nitrogens is 3. The van der Waals surface area contributed by atoms with Gasteiger partial charge >= 0.3 is 0 Å². The molecule has 2 fully saturated rings. The summed E-state index contributed by atoms with van der Waals surface area (Å²) >= 11 is 0. The van der Waals surface area contributed by atoms with Crippen LogP contribution < -0.4 is 0 Å². The predicted octanol–water partition coefficient (Wildman–Crippen LogP) is 1.18. The Morgan fingerprint density at radius 2 is 1.83 bits per heavy atom. The minimum Gasteiger partial charge on any atom is -0.347 e. The van der Waals surface area contributed by atoms with Gasteiger partial charge in [0.2, 0.25) is 5.91 Å². The second kappa shape index (κ2) is 6.33. The molecule has 0 radical (unpaired) electrons. The number of nitrogens with zero attached hydrogens (tertiary/aromatic N) is 4. The Bertz CT molecular complexity index is 700. The number of benzene rings is 1. The molecule has 2 aliphatic rings. The van der Waals surface area contributed by atoms with Crippen LogP contribution in [0.5, 0.6) is 0 Å². The van der Waals surface area contributed by atoms with Crippen LogP contribution in [-0.4, -0.2) is 57.9 Å². The van der Waals surface area contributed by atoms with Gasteiger partial charge in [0, 0.05) is 25.9 Å². The van der Waals surface area contributed by atoms with E-state index in [1.807, 2.05) is 35.2 Å². The van der Waals surface area contributed by atoms with Crippen LogP contribution in [0.25, 0.3) is 5.69 Å². The van der Waals surface area contributed by atoms with Crippen LogP contribution >= 0.6 is 0 Å². The average Bonchev–Trinajstić information content (AvgIpc) is 3.26. The first-order valence-electron chi connectivity index (χ1n) is 8.26. The summed E-state index contributed by atoms with van der Waals surface area (Å²) in [6.45, 7) is 2.61. The third kappa shape index (κ3) is 2.92. The van der Waals surface area contributed by atoms with E-state index in [-0.39, 0.29) is 12.3 Å². The Labute approximate surface area is 140 Å². The van der Waals surface area contributed by atoms with Crippen molar-refractivity contribution in [3.05, 3.63) is 42.2 Å². The van der Waals surface area contributed by atoms with E-state index >= 15 is 0 Å². The molecule has 2 aliphatic heterocycles. The van der Waals surface area contributed by atoms with E-state index in [1.165, 1.54) is 0 Å². The minimum atomic E-state index is -0.454. The lowest BCUT2D eigenvalue weighted by molar-refractivity contribution is -0.187. The number of amides is 1. The summed E-state index contributed by atoms with van der Waals surface area (Å²) in [4.78, 5) is 14.5. The first kappa shape index (κ1) is 15.3. The van der Waals surface area contributed by atoms with E-state index in [4.69, 9.17) is 9.47 Å². The maximum absolute atomic E-state index is 12.6. The summed E-state index contributed by atoms with van der Waals surface area (Å²) in [5.41, 5.74) is 1.70. The van der Waals surface area contributed by atoms with E-state index in [9.17, 15) is 4.79 Å². The molecule has 0 saturated carbocycles. The van der Waals surface area contributed by atoms with Crippen LogP contribution in [0, 0.1) is 0 Å². The lowest BCUT2D eigenvalue weighted by Gasteiger charge is -2.37. The molecular formula is C17H20N4O3. The second-order valence-electron chi connectivity index (χ2n) is 6.14. The van der Waals surface area contributed by atoms with Crippen molar-refractivity contribution >= 4 is 5.91 Å². The molecule has 2 saturated heterocycles. The van der Waals surface area contributed by atoms with Gasteiger partial charge in [-0.05, 0) is 12.1 Å². The Balaban J connectivity index is 1.42. The molecule has 7 heteroatoms. The number of piperidine rings is 1.